The lowest BCUT2D eigenvalue weighted by atomic mass is 9.80. The largest absolute Gasteiger partial charge is 0.391 e. The van der Waals surface area contributed by atoms with Crippen molar-refractivity contribution >= 4 is 0 Å². The summed E-state index contributed by atoms with van der Waals surface area (Å²) in [7, 11) is 0. The van der Waals surface area contributed by atoms with Crippen LogP contribution in [0.4, 0.5) is 13.2 Å². The highest BCUT2D eigenvalue weighted by atomic mass is 19.4. The molecule has 2 rings (SSSR count). The van der Waals surface area contributed by atoms with Crippen molar-refractivity contribution in [1.29, 1.82) is 0 Å². The Labute approximate surface area is 108 Å². The second-order valence-electron chi connectivity index (χ2n) is 6.01. The van der Waals surface area contributed by atoms with Crippen molar-refractivity contribution in [1.82, 2.24) is 5.32 Å². The average molecular weight is 263 g/mol. The van der Waals surface area contributed by atoms with Crippen LogP contribution in [-0.2, 0) is 0 Å². The van der Waals surface area contributed by atoms with Gasteiger partial charge in [-0.25, -0.2) is 0 Å². The van der Waals surface area contributed by atoms with Gasteiger partial charge in [-0.3, -0.25) is 0 Å². The van der Waals surface area contributed by atoms with Gasteiger partial charge in [-0.1, -0.05) is 25.7 Å². The molecular weight excluding hydrogens is 239 g/mol. The minimum atomic E-state index is -3.98. The molecule has 18 heavy (non-hydrogen) atoms. The van der Waals surface area contributed by atoms with Crippen molar-refractivity contribution in [2.75, 3.05) is 6.54 Å². The van der Waals surface area contributed by atoms with E-state index in [0.29, 0.717) is 18.9 Å². The summed E-state index contributed by atoms with van der Waals surface area (Å²) in [5.74, 6) is -0.822. The standard InChI is InChI=1S/C14H24F3N/c15-14(16,17)12-6-4-5-11(9-12)10-18-13-7-2-1-3-8-13/h11-13,18H,1-10H2. The molecular formula is C14H24F3N. The van der Waals surface area contributed by atoms with Crippen LogP contribution in [0, 0.1) is 11.8 Å². The number of halogens is 3. The maximum atomic E-state index is 12.7. The molecule has 4 heteroatoms. The topological polar surface area (TPSA) is 12.0 Å². The van der Waals surface area contributed by atoms with Gasteiger partial charge >= 0.3 is 6.18 Å². The summed E-state index contributed by atoms with van der Waals surface area (Å²) in [6, 6.07) is 0.560. The monoisotopic (exact) mass is 263 g/mol. The van der Waals surface area contributed by atoms with Crippen molar-refractivity contribution in [3.8, 4) is 0 Å². The first-order valence-electron chi connectivity index (χ1n) is 7.36. The van der Waals surface area contributed by atoms with Crippen LogP contribution >= 0.6 is 0 Å². The summed E-state index contributed by atoms with van der Waals surface area (Å²) >= 11 is 0. The zero-order valence-corrected chi connectivity index (χ0v) is 10.9. The van der Waals surface area contributed by atoms with E-state index in [9.17, 15) is 13.2 Å². The molecule has 0 spiro atoms. The van der Waals surface area contributed by atoms with Crippen molar-refractivity contribution in [2.45, 2.75) is 70.0 Å². The molecule has 0 amide bonds. The quantitative estimate of drug-likeness (QED) is 0.801. The summed E-state index contributed by atoms with van der Waals surface area (Å²) in [5.41, 5.74) is 0. The molecule has 2 fully saturated rings. The maximum Gasteiger partial charge on any atom is 0.391 e. The Hall–Kier alpha value is -0.250. The molecule has 0 aromatic heterocycles. The lowest BCUT2D eigenvalue weighted by Crippen LogP contribution is -2.38. The highest BCUT2D eigenvalue weighted by Gasteiger charge is 2.42. The van der Waals surface area contributed by atoms with Gasteiger partial charge in [0.1, 0.15) is 0 Å². The van der Waals surface area contributed by atoms with Crippen LogP contribution in [0.2, 0.25) is 0 Å². The maximum absolute atomic E-state index is 12.7. The number of nitrogens with one attached hydrogen (secondary N) is 1. The molecule has 0 aromatic carbocycles. The second-order valence-corrected chi connectivity index (χ2v) is 6.01. The summed E-state index contributed by atoms with van der Waals surface area (Å²) in [6.45, 7) is 0.789. The summed E-state index contributed by atoms with van der Waals surface area (Å²) in [6.07, 6.45) is 4.66. The molecule has 0 heterocycles. The fourth-order valence-corrected chi connectivity index (χ4v) is 3.41. The second kappa shape index (κ2) is 6.27. The van der Waals surface area contributed by atoms with Gasteiger partial charge in [0.15, 0.2) is 0 Å². The molecule has 1 N–H and O–H groups in total. The summed E-state index contributed by atoms with van der Waals surface area (Å²) in [5, 5.41) is 3.50. The van der Waals surface area contributed by atoms with Crippen LogP contribution in [-0.4, -0.2) is 18.8 Å². The van der Waals surface area contributed by atoms with E-state index in [1.165, 1.54) is 32.1 Å². The third-order valence-corrected chi connectivity index (χ3v) is 4.55. The Morgan fingerprint density at radius 2 is 1.61 bits per heavy atom. The summed E-state index contributed by atoms with van der Waals surface area (Å²) < 4.78 is 38.1. The molecule has 2 aliphatic carbocycles. The van der Waals surface area contributed by atoms with E-state index >= 15 is 0 Å². The first-order valence-corrected chi connectivity index (χ1v) is 7.36. The normalized spacial score (nSPS) is 31.5. The van der Waals surface area contributed by atoms with Gasteiger partial charge in [0.2, 0.25) is 0 Å². The number of rotatable bonds is 3. The Morgan fingerprint density at radius 3 is 2.28 bits per heavy atom. The Kier molecular flexibility index (Phi) is 4.93. The average Bonchev–Trinajstić information content (AvgIpc) is 2.37. The van der Waals surface area contributed by atoms with E-state index in [0.717, 1.165) is 19.4 Å². The number of alkyl halides is 3. The minimum Gasteiger partial charge on any atom is -0.314 e. The first kappa shape index (κ1) is 14.2. The highest BCUT2D eigenvalue weighted by Crippen LogP contribution is 2.39. The molecule has 1 nitrogen and oxygen atoms in total. The molecule has 0 bridgehead atoms. The van der Waals surface area contributed by atoms with Crippen molar-refractivity contribution in [2.24, 2.45) is 11.8 Å². The lowest BCUT2D eigenvalue weighted by Gasteiger charge is -2.32. The van der Waals surface area contributed by atoms with Crippen LogP contribution in [0.15, 0.2) is 0 Å². The third-order valence-electron chi connectivity index (χ3n) is 4.55. The van der Waals surface area contributed by atoms with Crippen molar-refractivity contribution < 1.29 is 13.2 Å². The molecule has 2 atom stereocenters. The molecule has 0 saturated heterocycles. The fourth-order valence-electron chi connectivity index (χ4n) is 3.41. The van der Waals surface area contributed by atoms with Gasteiger partial charge in [0, 0.05) is 6.04 Å². The Bertz CT molecular complexity index is 246. The van der Waals surface area contributed by atoms with E-state index in [1.54, 1.807) is 0 Å². The molecule has 2 unspecified atom stereocenters. The molecule has 106 valence electrons. The van der Waals surface area contributed by atoms with E-state index in [4.69, 9.17) is 0 Å². The first-order chi connectivity index (χ1) is 8.55. The molecule has 0 aromatic rings. The van der Waals surface area contributed by atoms with Gasteiger partial charge in [0.25, 0.3) is 0 Å². The predicted molar refractivity (Wildman–Crippen MR) is 66.4 cm³/mol. The summed E-state index contributed by atoms with van der Waals surface area (Å²) in [4.78, 5) is 0. The molecule has 2 saturated carbocycles. The zero-order valence-electron chi connectivity index (χ0n) is 10.9. The Balaban J connectivity index is 1.72. The van der Waals surface area contributed by atoms with Gasteiger partial charge in [-0.2, -0.15) is 13.2 Å². The SMILES string of the molecule is FC(F)(F)C1CCCC(CNC2CCCCC2)C1. The molecule has 2 aliphatic rings. The van der Waals surface area contributed by atoms with Crippen LogP contribution < -0.4 is 5.32 Å². The fraction of sp³-hybridized carbons (Fsp3) is 1.00. The number of hydrogen-bond acceptors (Lipinski definition) is 1. The Morgan fingerprint density at radius 1 is 0.889 bits per heavy atom. The van der Waals surface area contributed by atoms with Crippen LogP contribution in [0.3, 0.4) is 0 Å². The van der Waals surface area contributed by atoms with Gasteiger partial charge < -0.3 is 5.32 Å². The van der Waals surface area contributed by atoms with Gasteiger partial charge in [-0.15, -0.1) is 0 Å². The predicted octanol–water partition coefficient (Wildman–Crippen LogP) is 4.28. The highest BCUT2D eigenvalue weighted by molar-refractivity contribution is 4.81. The van der Waals surface area contributed by atoms with Crippen LogP contribution in [0.25, 0.3) is 0 Å². The number of hydrogen-bond donors (Lipinski definition) is 1. The minimum absolute atomic E-state index is 0.229. The smallest absolute Gasteiger partial charge is 0.314 e. The molecule has 0 radical (unpaired) electrons. The van der Waals surface area contributed by atoms with E-state index in [2.05, 4.69) is 5.32 Å². The van der Waals surface area contributed by atoms with E-state index in [1.807, 2.05) is 0 Å². The van der Waals surface area contributed by atoms with Crippen molar-refractivity contribution in [3.05, 3.63) is 0 Å². The lowest BCUT2D eigenvalue weighted by molar-refractivity contribution is -0.185. The van der Waals surface area contributed by atoms with Gasteiger partial charge in [-0.05, 0) is 44.6 Å². The zero-order chi connectivity index (χ0) is 13.0. The van der Waals surface area contributed by atoms with E-state index in [-0.39, 0.29) is 5.92 Å². The third kappa shape index (κ3) is 4.15. The van der Waals surface area contributed by atoms with Crippen LogP contribution in [0.5, 0.6) is 0 Å². The molecule has 0 aliphatic heterocycles. The van der Waals surface area contributed by atoms with Gasteiger partial charge in [0.05, 0.1) is 5.92 Å². The van der Waals surface area contributed by atoms with E-state index < -0.39 is 12.1 Å². The van der Waals surface area contributed by atoms with Crippen molar-refractivity contribution in [3.63, 3.8) is 0 Å². The van der Waals surface area contributed by atoms with Crippen LogP contribution in [0.1, 0.15) is 57.8 Å².